The summed E-state index contributed by atoms with van der Waals surface area (Å²) in [6.45, 7) is 7.85. The highest BCUT2D eigenvalue weighted by atomic mass is 35.5. The lowest BCUT2D eigenvalue weighted by Crippen LogP contribution is -2.43. The summed E-state index contributed by atoms with van der Waals surface area (Å²) in [7, 11) is 0. The molecule has 1 rings (SSSR count). The molecule has 0 aromatic heterocycles. The second-order valence-corrected chi connectivity index (χ2v) is 5.19. The molecule has 0 aliphatic rings. The summed E-state index contributed by atoms with van der Waals surface area (Å²) < 4.78 is 5.54. The predicted octanol–water partition coefficient (Wildman–Crippen LogP) is 3.27. The first-order chi connectivity index (χ1) is 8.40. The molecule has 0 unspecified atom stereocenters. The Morgan fingerprint density at radius 3 is 2.22 bits per heavy atom. The third kappa shape index (κ3) is 4.57. The van der Waals surface area contributed by atoms with E-state index in [1.807, 2.05) is 6.92 Å². The van der Waals surface area contributed by atoms with Crippen LogP contribution in [0, 0.1) is 5.92 Å². The molecule has 0 spiro atoms. The largest absolute Gasteiger partial charge is 0.481 e. The molecule has 1 N–H and O–H groups in total. The smallest absolute Gasteiger partial charge is 0.260 e. The van der Waals surface area contributed by atoms with E-state index in [0.717, 1.165) is 0 Å². The van der Waals surface area contributed by atoms with Crippen molar-refractivity contribution >= 4 is 17.5 Å². The highest BCUT2D eigenvalue weighted by Gasteiger charge is 2.18. The van der Waals surface area contributed by atoms with Crippen LogP contribution in [0.5, 0.6) is 5.75 Å². The van der Waals surface area contributed by atoms with Crippen molar-refractivity contribution in [2.75, 3.05) is 0 Å². The topological polar surface area (TPSA) is 38.3 Å². The number of hydrogen-bond donors (Lipinski definition) is 1. The van der Waals surface area contributed by atoms with Gasteiger partial charge in [-0.25, -0.2) is 0 Å². The molecule has 4 heteroatoms. The van der Waals surface area contributed by atoms with Crippen molar-refractivity contribution < 1.29 is 9.53 Å². The van der Waals surface area contributed by atoms with Crippen molar-refractivity contribution in [1.29, 1.82) is 0 Å². The summed E-state index contributed by atoms with van der Waals surface area (Å²) >= 11 is 5.78. The average molecular weight is 270 g/mol. The fourth-order valence-electron chi connectivity index (χ4n) is 1.28. The van der Waals surface area contributed by atoms with E-state index in [0.29, 0.717) is 16.7 Å². The van der Waals surface area contributed by atoms with Gasteiger partial charge in [0.05, 0.1) is 0 Å². The molecule has 1 aromatic carbocycles. The van der Waals surface area contributed by atoms with Crippen LogP contribution in [0.15, 0.2) is 24.3 Å². The minimum absolute atomic E-state index is 0.105. The number of rotatable bonds is 5. The van der Waals surface area contributed by atoms with Gasteiger partial charge in [-0.05, 0) is 44.0 Å². The Bertz CT molecular complexity index is 389. The summed E-state index contributed by atoms with van der Waals surface area (Å²) in [4.78, 5) is 11.9. The Kier molecular flexibility index (Phi) is 5.48. The molecule has 0 fully saturated rings. The first-order valence-corrected chi connectivity index (χ1v) is 6.50. The van der Waals surface area contributed by atoms with Gasteiger partial charge in [-0.2, -0.15) is 0 Å². The number of hydrogen-bond acceptors (Lipinski definition) is 2. The zero-order chi connectivity index (χ0) is 13.7. The quantitative estimate of drug-likeness (QED) is 0.891. The summed E-state index contributed by atoms with van der Waals surface area (Å²) in [6, 6.07) is 7.10. The molecule has 0 saturated carbocycles. The standard InChI is InChI=1S/C14H20ClNO2/c1-9(2)10(3)16-14(17)11(4)18-13-7-5-12(15)6-8-13/h5-11H,1-4H3,(H,16,17)/t10-,11+/m0/s1. The number of nitrogens with one attached hydrogen (secondary N) is 1. The van der Waals surface area contributed by atoms with Crippen molar-refractivity contribution in [3.8, 4) is 5.75 Å². The van der Waals surface area contributed by atoms with E-state index >= 15 is 0 Å². The van der Waals surface area contributed by atoms with Crippen LogP contribution in [0.3, 0.4) is 0 Å². The van der Waals surface area contributed by atoms with Gasteiger partial charge in [-0.15, -0.1) is 0 Å². The van der Waals surface area contributed by atoms with Gasteiger partial charge in [-0.1, -0.05) is 25.4 Å². The molecule has 3 nitrogen and oxygen atoms in total. The van der Waals surface area contributed by atoms with Crippen molar-refractivity contribution in [3.63, 3.8) is 0 Å². The SMILES string of the molecule is CC(C)[C@H](C)NC(=O)[C@@H](C)Oc1ccc(Cl)cc1. The van der Waals surface area contributed by atoms with E-state index < -0.39 is 6.10 Å². The summed E-state index contributed by atoms with van der Waals surface area (Å²) in [5.74, 6) is 0.932. The van der Waals surface area contributed by atoms with Gasteiger partial charge in [-0.3, -0.25) is 4.79 Å². The van der Waals surface area contributed by atoms with Crippen LogP contribution in [0.25, 0.3) is 0 Å². The third-order valence-corrected chi connectivity index (χ3v) is 3.12. The van der Waals surface area contributed by atoms with Crippen molar-refractivity contribution in [2.45, 2.75) is 39.8 Å². The fourth-order valence-corrected chi connectivity index (χ4v) is 1.41. The molecule has 18 heavy (non-hydrogen) atoms. The molecule has 1 amide bonds. The fraction of sp³-hybridized carbons (Fsp3) is 0.500. The molecule has 2 atom stereocenters. The molecule has 100 valence electrons. The van der Waals surface area contributed by atoms with Crippen LogP contribution < -0.4 is 10.1 Å². The van der Waals surface area contributed by atoms with E-state index in [-0.39, 0.29) is 11.9 Å². The normalized spacial score (nSPS) is 14.1. The number of halogens is 1. The van der Waals surface area contributed by atoms with Crippen LogP contribution in [0.1, 0.15) is 27.7 Å². The molecule has 1 aromatic rings. The van der Waals surface area contributed by atoms with E-state index in [2.05, 4.69) is 19.2 Å². The Labute approximate surface area is 113 Å². The van der Waals surface area contributed by atoms with Gasteiger partial charge >= 0.3 is 0 Å². The maximum atomic E-state index is 11.9. The zero-order valence-corrected chi connectivity index (χ0v) is 12.0. The van der Waals surface area contributed by atoms with Crippen LogP contribution in [0.2, 0.25) is 5.02 Å². The van der Waals surface area contributed by atoms with Crippen molar-refractivity contribution in [3.05, 3.63) is 29.3 Å². The number of carbonyl (C=O) groups excluding carboxylic acids is 1. The number of ether oxygens (including phenoxy) is 1. The maximum absolute atomic E-state index is 11.9. The zero-order valence-electron chi connectivity index (χ0n) is 11.2. The molecular weight excluding hydrogens is 250 g/mol. The molecule has 0 radical (unpaired) electrons. The van der Waals surface area contributed by atoms with E-state index in [4.69, 9.17) is 16.3 Å². The summed E-state index contributed by atoms with van der Waals surface area (Å²) in [5.41, 5.74) is 0. The second-order valence-electron chi connectivity index (χ2n) is 4.76. The Morgan fingerprint density at radius 2 is 1.72 bits per heavy atom. The molecule has 0 heterocycles. The molecule has 0 saturated heterocycles. The van der Waals surface area contributed by atoms with E-state index in [1.54, 1.807) is 31.2 Å². The summed E-state index contributed by atoms with van der Waals surface area (Å²) in [5, 5.41) is 3.57. The average Bonchev–Trinajstić information content (AvgIpc) is 2.31. The Morgan fingerprint density at radius 1 is 1.17 bits per heavy atom. The molecule has 0 aliphatic carbocycles. The van der Waals surface area contributed by atoms with Gasteiger partial charge in [0, 0.05) is 11.1 Å². The van der Waals surface area contributed by atoms with Crippen LogP contribution in [-0.2, 0) is 4.79 Å². The predicted molar refractivity (Wildman–Crippen MR) is 74.0 cm³/mol. The van der Waals surface area contributed by atoms with E-state index in [9.17, 15) is 4.79 Å². The summed E-state index contributed by atoms with van der Waals surface area (Å²) in [6.07, 6.45) is -0.521. The third-order valence-electron chi connectivity index (χ3n) is 2.87. The lowest BCUT2D eigenvalue weighted by atomic mass is 10.1. The van der Waals surface area contributed by atoms with Crippen LogP contribution >= 0.6 is 11.6 Å². The molecule has 0 bridgehead atoms. The van der Waals surface area contributed by atoms with Gasteiger partial charge in [0.2, 0.25) is 0 Å². The van der Waals surface area contributed by atoms with Gasteiger partial charge in [0.1, 0.15) is 5.75 Å². The highest BCUT2D eigenvalue weighted by Crippen LogP contribution is 2.16. The lowest BCUT2D eigenvalue weighted by molar-refractivity contribution is -0.128. The number of amides is 1. The van der Waals surface area contributed by atoms with Crippen LogP contribution in [0.4, 0.5) is 0 Å². The van der Waals surface area contributed by atoms with Gasteiger partial charge in [0.15, 0.2) is 6.10 Å². The number of benzene rings is 1. The van der Waals surface area contributed by atoms with Crippen molar-refractivity contribution in [2.24, 2.45) is 5.92 Å². The first-order valence-electron chi connectivity index (χ1n) is 6.12. The Hall–Kier alpha value is -1.22. The first kappa shape index (κ1) is 14.8. The molecule has 0 aliphatic heterocycles. The molecular formula is C14H20ClNO2. The monoisotopic (exact) mass is 269 g/mol. The van der Waals surface area contributed by atoms with Gasteiger partial charge in [0.25, 0.3) is 5.91 Å². The minimum Gasteiger partial charge on any atom is -0.481 e. The highest BCUT2D eigenvalue weighted by molar-refractivity contribution is 6.30. The maximum Gasteiger partial charge on any atom is 0.260 e. The minimum atomic E-state index is -0.521. The van der Waals surface area contributed by atoms with E-state index in [1.165, 1.54) is 0 Å². The Balaban J connectivity index is 2.52. The van der Waals surface area contributed by atoms with Crippen LogP contribution in [-0.4, -0.2) is 18.1 Å². The van der Waals surface area contributed by atoms with Gasteiger partial charge < -0.3 is 10.1 Å². The second kappa shape index (κ2) is 6.64. The lowest BCUT2D eigenvalue weighted by Gasteiger charge is -2.21. The number of carbonyl (C=O) groups is 1. The van der Waals surface area contributed by atoms with Crippen molar-refractivity contribution in [1.82, 2.24) is 5.32 Å².